The number of aromatic nitrogens is 6. The highest BCUT2D eigenvalue weighted by Crippen LogP contribution is 2.16. The zero-order valence-electron chi connectivity index (χ0n) is 14.1. The maximum absolute atomic E-state index is 14.0. The molecule has 0 aromatic carbocycles. The molecule has 3 heterocycles. The number of hydrogen-bond donors (Lipinski definition) is 2. The van der Waals surface area contributed by atoms with Gasteiger partial charge in [0.25, 0.3) is 5.91 Å². The molecule has 0 unspecified atom stereocenters. The van der Waals surface area contributed by atoms with Gasteiger partial charge in [0.1, 0.15) is 18.1 Å². The van der Waals surface area contributed by atoms with Crippen LogP contribution in [-0.4, -0.2) is 86.1 Å². The Hall–Kier alpha value is -2.89. The molecule has 26 heavy (non-hydrogen) atoms. The predicted octanol–water partition coefficient (Wildman–Crippen LogP) is -0.909. The molecule has 1 saturated heterocycles. The van der Waals surface area contributed by atoms with Gasteiger partial charge in [0.15, 0.2) is 5.82 Å². The van der Waals surface area contributed by atoms with E-state index in [0.29, 0.717) is 5.82 Å². The van der Waals surface area contributed by atoms with E-state index in [-0.39, 0.29) is 44.0 Å². The number of H-pyrrole nitrogens is 1. The molecule has 1 fully saturated rings. The smallest absolute Gasteiger partial charge is 0.257 e. The molecule has 2 atom stereocenters. The van der Waals surface area contributed by atoms with Crippen LogP contribution in [0.5, 0.6) is 0 Å². The molecular formula is C14H19FN8O3. The summed E-state index contributed by atoms with van der Waals surface area (Å²) in [6.45, 7) is 0.539. The number of alkyl halides is 1. The Kier molecular flexibility index (Phi) is 5.51. The van der Waals surface area contributed by atoms with Gasteiger partial charge < -0.3 is 15.0 Å². The molecule has 0 spiro atoms. The molecule has 1 aliphatic rings. The van der Waals surface area contributed by atoms with Gasteiger partial charge in [-0.3, -0.25) is 14.7 Å². The molecule has 1 aliphatic heterocycles. The number of nitrogens with zero attached hydrogens (tertiary/aromatic N) is 6. The van der Waals surface area contributed by atoms with Crippen LogP contribution in [0, 0.1) is 0 Å². The van der Waals surface area contributed by atoms with Crippen LogP contribution >= 0.6 is 0 Å². The van der Waals surface area contributed by atoms with E-state index in [9.17, 15) is 14.0 Å². The quantitative estimate of drug-likeness (QED) is 0.677. The Bertz CT molecular complexity index is 749. The third kappa shape index (κ3) is 4.02. The minimum Gasteiger partial charge on any atom is -0.384 e. The van der Waals surface area contributed by atoms with E-state index >= 15 is 0 Å². The second-order valence-electron chi connectivity index (χ2n) is 5.93. The highest BCUT2D eigenvalue weighted by molar-refractivity contribution is 5.97. The number of likely N-dealkylation sites (tertiary alicyclic amines) is 1. The Balaban J connectivity index is 1.66. The van der Waals surface area contributed by atoms with Crippen LogP contribution in [0.4, 0.5) is 4.39 Å². The summed E-state index contributed by atoms with van der Waals surface area (Å²) in [4.78, 5) is 26.1. The first-order valence-electron chi connectivity index (χ1n) is 8.07. The first kappa shape index (κ1) is 17.9. The Morgan fingerprint density at radius 1 is 1.46 bits per heavy atom. The molecule has 0 bridgehead atoms. The van der Waals surface area contributed by atoms with Crippen LogP contribution in [-0.2, 0) is 9.53 Å². The van der Waals surface area contributed by atoms with Crippen molar-refractivity contribution in [2.45, 2.75) is 25.1 Å². The van der Waals surface area contributed by atoms with Gasteiger partial charge in [0.05, 0.1) is 25.8 Å². The van der Waals surface area contributed by atoms with Crippen molar-refractivity contribution in [3.05, 3.63) is 18.1 Å². The monoisotopic (exact) mass is 366 g/mol. The lowest BCUT2D eigenvalue weighted by atomic mass is 10.0. The molecule has 2 amide bonds. The molecule has 2 N–H and O–H groups in total. The van der Waals surface area contributed by atoms with Crippen molar-refractivity contribution in [2.24, 2.45) is 0 Å². The van der Waals surface area contributed by atoms with E-state index in [1.807, 2.05) is 0 Å². The zero-order chi connectivity index (χ0) is 18.5. The average Bonchev–Trinajstić information content (AvgIpc) is 3.29. The van der Waals surface area contributed by atoms with Crippen LogP contribution in [0.2, 0.25) is 0 Å². The highest BCUT2D eigenvalue weighted by atomic mass is 19.1. The summed E-state index contributed by atoms with van der Waals surface area (Å²) in [5.74, 6) is -0.355. The number of tetrazole rings is 1. The second kappa shape index (κ2) is 7.99. The van der Waals surface area contributed by atoms with E-state index in [2.05, 4.69) is 31.0 Å². The Labute approximate surface area is 147 Å². The van der Waals surface area contributed by atoms with Gasteiger partial charge >= 0.3 is 0 Å². The Morgan fingerprint density at radius 3 is 3.04 bits per heavy atom. The fourth-order valence-electron chi connectivity index (χ4n) is 2.84. The molecule has 2 aromatic rings. The lowest BCUT2D eigenvalue weighted by Gasteiger charge is -2.35. The molecule has 140 valence electrons. The standard InChI is InChI=1S/C14H19FN8O3/c1-26-3-2-12(24)22-6-9(15)4-10(7-22)18-14(25)11-5-16-19-13(11)23-8-17-20-21-23/h5,8-10H,2-4,6-7H2,1H3,(H,16,19)(H,18,25)/t9-,10+/m1/s1. The van der Waals surface area contributed by atoms with Crippen LogP contribution < -0.4 is 5.32 Å². The van der Waals surface area contributed by atoms with Crippen LogP contribution in [0.15, 0.2) is 12.5 Å². The molecule has 0 saturated carbocycles. The number of methoxy groups -OCH3 is 1. The number of aromatic amines is 1. The average molecular weight is 366 g/mol. The van der Waals surface area contributed by atoms with Crippen LogP contribution in [0.1, 0.15) is 23.2 Å². The van der Waals surface area contributed by atoms with Gasteiger partial charge in [-0.1, -0.05) is 0 Å². The van der Waals surface area contributed by atoms with Gasteiger partial charge in [-0.15, -0.1) is 5.10 Å². The molecule has 3 rings (SSSR count). The number of hydrogen-bond acceptors (Lipinski definition) is 7. The summed E-state index contributed by atoms with van der Waals surface area (Å²) in [6, 6.07) is -0.505. The summed E-state index contributed by atoms with van der Waals surface area (Å²) in [5.41, 5.74) is 0.218. The van der Waals surface area contributed by atoms with E-state index in [4.69, 9.17) is 4.74 Å². The van der Waals surface area contributed by atoms with Crippen molar-refractivity contribution in [1.82, 2.24) is 40.6 Å². The van der Waals surface area contributed by atoms with Gasteiger partial charge in [-0.2, -0.15) is 9.78 Å². The fraction of sp³-hybridized carbons (Fsp3) is 0.571. The Morgan fingerprint density at radius 2 is 2.31 bits per heavy atom. The maximum Gasteiger partial charge on any atom is 0.257 e. The molecule has 11 nitrogen and oxygen atoms in total. The second-order valence-corrected chi connectivity index (χ2v) is 5.93. The van der Waals surface area contributed by atoms with E-state index in [1.54, 1.807) is 0 Å². The topological polar surface area (TPSA) is 131 Å². The number of rotatable bonds is 6. The van der Waals surface area contributed by atoms with Crippen molar-refractivity contribution in [1.29, 1.82) is 0 Å². The number of ether oxygens (including phenoxy) is 1. The van der Waals surface area contributed by atoms with Crippen molar-refractivity contribution in [2.75, 3.05) is 26.8 Å². The minimum absolute atomic E-state index is 0.0243. The summed E-state index contributed by atoms with van der Waals surface area (Å²) < 4.78 is 20.2. The summed E-state index contributed by atoms with van der Waals surface area (Å²) in [7, 11) is 1.50. The maximum atomic E-state index is 14.0. The predicted molar refractivity (Wildman–Crippen MR) is 85.1 cm³/mol. The van der Waals surface area contributed by atoms with Crippen LogP contribution in [0.25, 0.3) is 5.82 Å². The first-order valence-corrected chi connectivity index (χ1v) is 8.07. The molecule has 0 radical (unpaired) electrons. The molecular weight excluding hydrogens is 347 g/mol. The third-order valence-corrected chi connectivity index (χ3v) is 4.05. The van der Waals surface area contributed by atoms with E-state index < -0.39 is 18.1 Å². The van der Waals surface area contributed by atoms with Crippen LogP contribution in [0.3, 0.4) is 0 Å². The summed E-state index contributed by atoms with van der Waals surface area (Å²) in [5, 5.41) is 19.9. The van der Waals surface area contributed by atoms with Gasteiger partial charge in [0, 0.05) is 26.1 Å². The van der Waals surface area contributed by atoms with E-state index in [1.165, 1.54) is 29.2 Å². The largest absolute Gasteiger partial charge is 0.384 e. The van der Waals surface area contributed by atoms with Crippen molar-refractivity contribution < 1.29 is 18.7 Å². The number of nitrogens with one attached hydrogen (secondary N) is 2. The number of carbonyl (C=O) groups excluding carboxylic acids is 2. The summed E-state index contributed by atoms with van der Waals surface area (Å²) >= 11 is 0. The molecule has 0 aliphatic carbocycles. The van der Waals surface area contributed by atoms with Gasteiger partial charge in [-0.05, 0) is 10.4 Å². The third-order valence-electron chi connectivity index (χ3n) is 4.05. The first-order chi connectivity index (χ1) is 12.6. The van der Waals surface area contributed by atoms with E-state index in [0.717, 1.165) is 0 Å². The fourth-order valence-corrected chi connectivity index (χ4v) is 2.84. The number of carbonyl (C=O) groups is 2. The van der Waals surface area contributed by atoms with Crippen molar-refractivity contribution >= 4 is 11.8 Å². The SMILES string of the molecule is COCCC(=O)N1C[C@H](F)C[C@H](NC(=O)c2cn[nH]c2-n2cnnn2)C1. The number of piperidine rings is 1. The van der Waals surface area contributed by atoms with Crippen molar-refractivity contribution in [3.63, 3.8) is 0 Å². The number of halogens is 1. The zero-order valence-corrected chi connectivity index (χ0v) is 14.1. The van der Waals surface area contributed by atoms with Crippen molar-refractivity contribution in [3.8, 4) is 5.82 Å². The minimum atomic E-state index is -1.20. The van der Waals surface area contributed by atoms with Gasteiger partial charge in [-0.25, -0.2) is 4.39 Å². The van der Waals surface area contributed by atoms with Gasteiger partial charge in [0.2, 0.25) is 5.91 Å². The normalized spacial score (nSPS) is 20.2. The number of amides is 2. The lowest BCUT2D eigenvalue weighted by Crippen LogP contribution is -2.53. The molecule has 2 aromatic heterocycles. The summed E-state index contributed by atoms with van der Waals surface area (Å²) in [6.07, 6.45) is 1.76. The molecule has 12 heteroatoms. The highest BCUT2D eigenvalue weighted by Gasteiger charge is 2.31. The lowest BCUT2D eigenvalue weighted by molar-refractivity contribution is -0.134.